The summed E-state index contributed by atoms with van der Waals surface area (Å²) in [5.41, 5.74) is 2.82. The fourth-order valence-corrected chi connectivity index (χ4v) is 3.24. The number of imide groups is 1. The number of aromatic nitrogens is 2. The molecule has 0 saturated carbocycles. The fourth-order valence-electron chi connectivity index (χ4n) is 2.31. The molecule has 0 aliphatic carbocycles. The second kappa shape index (κ2) is 5.88. The zero-order valence-corrected chi connectivity index (χ0v) is 13.1. The number of aryl methyl sites for hydroxylation is 2. The number of hydrogen-bond acceptors (Lipinski definition) is 5. The average molecular weight is 313 g/mol. The van der Waals surface area contributed by atoms with Crippen LogP contribution in [0.5, 0.6) is 0 Å². The molecule has 0 radical (unpaired) electrons. The zero-order valence-electron chi connectivity index (χ0n) is 12.3. The van der Waals surface area contributed by atoms with E-state index in [1.165, 1.54) is 16.7 Å². The lowest BCUT2D eigenvalue weighted by Crippen LogP contribution is -2.31. The topological polar surface area (TPSA) is 63.2 Å². The van der Waals surface area contributed by atoms with Gasteiger partial charge < -0.3 is 0 Å². The van der Waals surface area contributed by atoms with Crippen molar-refractivity contribution < 1.29 is 9.59 Å². The molecule has 5 nitrogen and oxygen atoms in total. The molecule has 0 unspecified atom stereocenters. The average Bonchev–Trinajstić information content (AvgIpc) is 2.78. The van der Waals surface area contributed by atoms with Crippen molar-refractivity contribution in [2.24, 2.45) is 0 Å². The number of nitrogens with zero attached hydrogens (tertiary/aromatic N) is 3. The van der Waals surface area contributed by atoms with Crippen molar-refractivity contribution in [3.8, 4) is 0 Å². The highest BCUT2D eigenvalue weighted by molar-refractivity contribution is 8.00. The minimum absolute atomic E-state index is 0.175. The van der Waals surface area contributed by atoms with E-state index in [0.717, 1.165) is 11.1 Å². The molecule has 1 saturated heterocycles. The molecule has 0 bridgehead atoms. The van der Waals surface area contributed by atoms with Crippen LogP contribution in [-0.4, -0.2) is 27.0 Å². The first-order valence-corrected chi connectivity index (χ1v) is 7.82. The Hall–Kier alpha value is -2.21. The molecule has 1 aliphatic rings. The molecular weight excluding hydrogens is 298 g/mol. The summed E-state index contributed by atoms with van der Waals surface area (Å²) < 4.78 is 0. The van der Waals surface area contributed by atoms with Crippen LogP contribution >= 0.6 is 11.8 Å². The van der Waals surface area contributed by atoms with Gasteiger partial charge in [0, 0.05) is 18.8 Å². The second-order valence-electron chi connectivity index (χ2n) is 5.18. The van der Waals surface area contributed by atoms with Gasteiger partial charge in [0.25, 0.3) is 0 Å². The number of rotatable bonds is 3. The van der Waals surface area contributed by atoms with E-state index in [4.69, 9.17) is 0 Å². The van der Waals surface area contributed by atoms with Crippen molar-refractivity contribution in [3.63, 3.8) is 0 Å². The summed E-state index contributed by atoms with van der Waals surface area (Å²) >= 11 is 1.23. The van der Waals surface area contributed by atoms with Crippen LogP contribution in [0, 0.1) is 13.8 Å². The third kappa shape index (κ3) is 2.74. The minimum Gasteiger partial charge on any atom is -0.274 e. The molecule has 2 heterocycles. The first-order valence-electron chi connectivity index (χ1n) is 6.94. The predicted octanol–water partition coefficient (Wildman–Crippen LogP) is 2.52. The Bertz CT molecular complexity index is 733. The van der Waals surface area contributed by atoms with Gasteiger partial charge >= 0.3 is 0 Å². The van der Waals surface area contributed by atoms with Crippen LogP contribution in [0.3, 0.4) is 0 Å². The maximum absolute atomic E-state index is 12.5. The van der Waals surface area contributed by atoms with E-state index >= 15 is 0 Å². The Balaban J connectivity index is 1.83. The smallest absolute Gasteiger partial charge is 0.247 e. The zero-order chi connectivity index (χ0) is 15.7. The summed E-state index contributed by atoms with van der Waals surface area (Å²) in [7, 11) is 0. The third-order valence-electron chi connectivity index (χ3n) is 3.64. The van der Waals surface area contributed by atoms with Crippen LogP contribution in [0.2, 0.25) is 0 Å². The van der Waals surface area contributed by atoms with Crippen molar-refractivity contribution in [1.82, 2.24) is 9.97 Å². The lowest BCUT2D eigenvalue weighted by atomic mass is 10.1. The normalized spacial score (nSPS) is 18.1. The number of carbonyl (C=O) groups is 2. The Labute approximate surface area is 132 Å². The van der Waals surface area contributed by atoms with Gasteiger partial charge in [-0.3, -0.25) is 9.59 Å². The Morgan fingerprint density at radius 3 is 2.55 bits per heavy atom. The highest BCUT2D eigenvalue weighted by Gasteiger charge is 2.40. The highest BCUT2D eigenvalue weighted by atomic mass is 32.2. The largest absolute Gasteiger partial charge is 0.274 e. The number of thioether (sulfide) groups is 1. The SMILES string of the molecule is Cc1ccc(N2C(=O)C[C@H](Sc3ncccn3)C2=O)cc1C. The van der Waals surface area contributed by atoms with Crippen molar-refractivity contribution in [2.75, 3.05) is 4.90 Å². The van der Waals surface area contributed by atoms with Crippen molar-refractivity contribution in [2.45, 2.75) is 30.7 Å². The van der Waals surface area contributed by atoms with Crippen LogP contribution < -0.4 is 4.90 Å². The number of hydrogen-bond donors (Lipinski definition) is 0. The van der Waals surface area contributed by atoms with Gasteiger partial charge in [0.1, 0.15) is 5.25 Å². The molecule has 2 amide bonds. The molecule has 3 rings (SSSR count). The predicted molar refractivity (Wildman–Crippen MR) is 84.7 cm³/mol. The molecular formula is C16H15N3O2S. The highest BCUT2D eigenvalue weighted by Crippen LogP contribution is 2.32. The van der Waals surface area contributed by atoms with Crippen LogP contribution in [0.15, 0.2) is 41.8 Å². The fraction of sp³-hybridized carbons (Fsp3) is 0.250. The van der Waals surface area contributed by atoms with Crippen molar-refractivity contribution in [3.05, 3.63) is 47.8 Å². The van der Waals surface area contributed by atoms with Crippen LogP contribution in [0.25, 0.3) is 0 Å². The summed E-state index contributed by atoms with van der Waals surface area (Å²) in [6.45, 7) is 3.96. The molecule has 0 N–H and O–H groups in total. The Kier molecular flexibility index (Phi) is 3.94. The first-order chi connectivity index (χ1) is 10.6. The summed E-state index contributed by atoms with van der Waals surface area (Å²) in [5, 5.41) is 0.0482. The molecule has 6 heteroatoms. The van der Waals surface area contributed by atoms with Gasteiger partial charge in [0.05, 0.1) is 5.69 Å². The van der Waals surface area contributed by atoms with Crippen LogP contribution in [0.1, 0.15) is 17.5 Å². The maximum Gasteiger partial charge on any atom is 0.247 e. The molecule has 22 heavy (non-hydrogen) atoms. The first kappa shape index (κ1) is 14.7. The van der Waals surface area contributed by atoms with Gasteiger partial charge in [0.2, 0.25) is 11.8 Å². The quantitative estimate of drug-likeness (QED) is 0.643. The third-order valence-corrected chi connectivity index (χ3v) is 4.72. The van der Waals surface area contributed by atoms with Crippen molar-refractivity contribution >= 4 is 29.3 Å². The summed E-state index contributed by atoms with van der Waals surface area (Å²) in [5.74, 6) is -0.382. The number of carbonyl (C=O) groups excluding carboxylic acids is 2. The van der Waals surface area contributed by atoms with E-state index in [0.29, 0.717) is 10.8 Å². The summed E-state index contributed by atoms with van der Waals surface area (Å²) in [6.07, 6.45) is 3.42. The standard InChI is InChI=1S/C16H15N3O2S/c1-10-4-5-12(8-11(10)2)19-14(20)9-13(15(19)21)22-16-17-6-3-7-18-16/h3-8,13H,9H2,1-2H3/t13-/m0/s1. The minimum atomic E-state index is -0.462. The maximum atomic E-state index is 12.5. The van der Waals surface area contributed by atoms with Gasteiger partial charge in [-0.15, -0.1) is 0 Å². The van der Waals surface area contributed by atoms with E-state index in [1.807, 2.05) is 32.0 Å². The van der Waals surface area contributed by atoms with E-state index in [-0.39, 0.29) is 18.2 Å². The van der Waals surface area contributed by atoms with E-state index in [9.17, 15) is 9.59 Å². The molecule has 0 spiro atoms. The van der Waals surface area contributed by atoms with E-state index in [1.54, 1.807) is 18.5 Å². The second-order valence-corrected chi connectivity index (χ2v) is 6.35. The Morgan fingerprint density at radius 1 is 1.14 bits per heavy atom. The summed E-state index contributed by atoms with van der Waals surface area (Å²) in [4.78, 5) is 34.2. The number of anilines is 1. The van der Waals surface area contributed by atoms with Crippen LogP contribution in [-0.2, 0) is 9.59 Å². The van der Waals surface area contributed by atoms with Gasteiger partial charge in [0.15, 0.2) is 5.16 Å². The molecule has 1 fully saturated rings. The van der Waals surface area contributed by atoms with Gasteiger partial charge in [-0.25, -0.2) is 14.9 Å². The molecule has 2 aromatic rings. The lowest BCUT2D eigenvalue weighted by Gasteiger charge is -2.16. The Morgan fingerprint density at radius 2 is 1.86 bits per heavy atom. The van der Waals surface area contributed by atoms with E-state index < -0.39 is 5.25 Å². The molecule has 1 aromatic carbocycles. The number of amides is 2. The van der Waals surface area contributed by atoms with Crippen molar-refractivity contribution in [1.29, 1.82) is 0 Å². The summed E-state index contributed by atoms with van der Waals surface area (Å²) in [6, 6.07) is 7.32. The van der Waals surface area contributed by atoms with Gasteiger partial charge in [-0.2, -0.15) is 0 Å². The molecule has 1 aromatic heterocycles. The molecule has 1 atom stereocenters. The molecule has 112 valence electrons. The molecule has 1 aliphatic heterocycles. The van der Waals surface area contributed by atoms with Crippen LogP contribution in [0.4, 0.5) is 5.69 Å². The van der Waals surface area contributed by atoms with E-state index in [2.05, 4.69) is 9.97 Å². The monoisotopic (exact) mass is 313 g/mol. The van der Waals surface area contributed by atoms with Gasteiger partial charge in [-0.1, -0.05) is 17.8 Å². The lowest BCUT2D eigenvalue weighted by molar-refractivity contribution is -0.121. The number of benzene rings is 1. The van der Waals surface area contributed by atoms with Gasteiger partial charge in [-0.05, 0) is 43.2 Å².